The number of nitrogens with one attached hydrogen (secondary N) is 1. The Labute approximate surface area is 136 Å². The van der Waals surface area contributed by atoms with E-state index in [1.54, 1.807) is 18.4 Å². The molecule has 1 aromatic heterocycles. The van der Waals surface area contributed by atoms with Gasteiger partial charge in [-0.3, -0.25) is 0 Å². The zero-order valence-corrected chi connectivity index (χ0v) is 14.3. The van der Waals surface area contributed by atoms with E-state index in [0.717, 1.165) is 10.2 Å². The van der Waals surface area contributed by atoms with Gasteiger partial charge < -0.3 is 10.1 Å². The Hall–Kier alpha value is -1.36. The molecule has 3 rings (SSSR count). The topological polar surface area (TPSA) is 21.3 Å². The summed E-state index contributed by atoms with van der Waals surface area (Å²) in [5.74, 6) is 0.936. The summed E-state index contributed by atoms with van der Waals surface area (Å²) in [6.45, 7) is 0. The van der Waals surface area contributed by atoms with Crippen molar-refractivity contribution in [1.82, 2.24) is 5.32 Å². The molecule has 0 amide bonds. The fourth-order valence-electron chi connectivity index (χ4n) is 2.65. The summed E-state index contributed by atoms with van der Waals surface area (Å²) in [7, 11) is 3.71. The molecule has 108 valence electrons. The summed E-state index contributed by atoms with van der Waals surface area (Å²) in [5, 5.41) is 7.97. The largest absolute Gasteiger partial charge is 0.496 e. The molecule has 0 radical (unpaired) electrons. The van der Waals surface area contributed by atoms with Crippen LogP contribution in [0.4, 0.5) is 0 Å². The van der Waals surface area contributed by atoms with Crippen LogP contribution in [0.15, 0.2) is 52.3 Å². The maximum Gasteiger partial charge on any atom is 0.134 e. The number of methoxy groups -OCH3 is 1. The molecule has 0 saturated carbocycles. The average Bonchev–Trinajstić information content (AvgIpc) is 2.99. The standard InChI is InChI=1S/C17H16BrNOS/c1-19-16(17-15(20-2)9-10-21-17)13-7-8-14(18)12-6-4-3-5-11(12)13/h3-10,16,19H,1-2H3. The fraction of sp³-hybridized carbons (Fsp3) is 0.176. The van der Waals surface area contributed by atoms with E-state index in [9.17, 15) is 0 Å². The van der Waals surface area contributed by atoms with Crippen LogP contribution in [0, 0.1) is 0 Å². The van der Waals surface area contributed by atoms with Crippen molar-refractivity contribution in [2.75, 3.05) is 14.2 Å². The first-order valence-corrected chi connectivity index (χ1v) is 8.39. The van der Waals surface area contributed by atoms with Gasteiger partial charge in [-0.25, -0.2) is 0 Å². The minimum absolute atomic E-state index is 0.123. The fourth-order valence-corrected chi connectivity index (χ4v) is 4.12. The third-order valence-corrected chi connectivity index (χ3v) is 5.30. The summed E-state index contributed by atoms with van der Waals surface area (Å²) in [4.78, 5) is 1.20. The highest BCUT2D eigenvalue weighted by molar-refractivity contribution is 9.10. The van der Waals surface area contributed by atoms with Gasteiger partial charge in [-0.1, -0.05) is 46.3 Å². The number of thiophene rings is 1. The Morgan fingerprint density at radius 1 is 1.10 bits per heavy atom. The highest BCUT2D eigenvalue weighted by Gasteiger charge is 2.20. The second-order valence-corrected chi connectivity index (χ2v) is 6.56. The Bertz CT molecular complexity index is 768. The van der Waals surface area contributed by atoms with E-state index in [-0.39, 0.29) is 6.04 Å². The highest BCUT2D eigenvalue weighted by Crippen LogP contribution is 2.38. The van der Waals surface area contributed by atoms with Gasteiger partial charge in [0, 0.05) is 4.47 Å². The lowest BCUT2D eigenvalue weighted by Gasteiger charge is -2.19. The van der Waals surface area contributed by atoms with Gasteiger partial charge in [0.25, 0.3) is 0 Å². The van der Waals surface area contributed by atoms with Crippen LogP contribution in [0.2, 0.25) is 0 Å². The molecule has 0 bridgehead atoms. The first-order valence-electron chi connectivity index (χ1n) is 6.72. The lowest BCUT2D eigenvalue weighted by molar-refractivity contribution is 0.409. The molecular weight excluding hydrogens is 346 g/mol. The minimum Gasteiger partial charge on any atom is -0.496 e. The molecule has 0 fully saturated rings. The summed E-state index contributed by atoms with van der Waals surface area (Å²) in [5.41, 5.74) is 1.26. The van der Waals surface area contributed by atoms with Crippen LogP contribution in [-0.2, 0) is 0 Å². The van der Waals surface area contributed by atoms with Gasteiger partial charge >= 0.3 is 0 Å². The molecule has 1 unspecified atom stereocenters. The lowest BCUT2D eigenvalue weighted by atomic mass is 9.97. The van der Waals surface area contributed by atoms with Crippen LogP contribution in [0.25, 0.3) is 10.8 Å². The maximum atomic E-state index is 5.49. The number of ether oxygens (including phenoxy) is 1. The molecule has 2 nitrogen and oxygen atoms in total. The van der Waals surface area contributed by atoms with Gasteiger partial charge in [0.2, 0.25) is 0 Å². The molecule has 1 atom stereocenters. The van der Waals surface area contributed by atoms with E-state index in [2.05, 4.69) is 63.0 Å². The van der Waals surface area contributed by atoms with Crippen LogP contribution in [0.1, 0.15) is 16.5 Å². The summed E-state index contributed by atoms with van der Waals surface area (Å²) < 4.78 is 6.61. The molecule has 2 aromatic carbocycles. The zero-order valence-electron chi connectivity index (χ0n) is 11.9. The molecule has 1 N–H and O–H groups in total. The molecule has 0 aliphatic rings. The predicted molar refractivity (Wildman–Crippen MR) is 93.4 cm³/mol. The van der Waals surface area contributed by atoms with Gasteiger partial charge in [-0.05, 0) is 40.9 Å². The number of rotatable bonds is 4. The quantitative estimate of drug-likeness (QED) is 0.707. The number of benzene rings is 2. The van der Waals surface area contributed by atoms with Crippen molar-refractivity contribution < 1.29 is 4.74 Å². The molecular formula is C17H16BrNOS. The predicted octanol–water partition coefficient (Wildman–Crippen LogP) is 4.98. The van der Waals surface area contributed by atoms with Crippen LogP contribution in [0.3, 0.4) is 0 Å². The van der Waals surface area contributed by atoms with E-state index < -0.39 is 0 Å². The summed E-state index contributed by atoms with van der Waals surface area (Å²) >= 11 is 5.35. The van der Waals surface area contributed by atoms with Crippen LogP contribution < -0.4 is 10.1 Å². The normalized spacial score (nSPS) is 12.5. The van der Waals surface area contributed by atoms with E-state index in [1.165, 1.54) is 21.2 Å². The molecule has 21 heavy (non-hydrogen) atoms. The van der Waals surface area contributed by atoms with E-state index in [1.807, 2.05) is 13.1 Å². The Morgan fingerprint density at radius 2 is 1.86 bits per heavy atom. The third-order valence-electron chi connectivity index (χ3n) is 3.64. The summed E-state index contributed by atoms with van der Waals surface area (Å²) in [6.07, 6.45) is 0. The van der Waals surface area contributed by atoms with Gasteiger partial charge in [0.1, 0.15) is 5.75 Å². The molecule has 0 saturated heterocycles. The summed E-state index contributed by atoms with van der Waals surface area (Å²) in [6, 6.07) is 14.9. The van der Waals surface area contributed by atoms with Crippen molar-refractivity contribution in [2.45, 2.75) is 6.04 Å². The highest BCUT2D eigenvalue weighted by atomic mass is 79.9. The van der Waals surface area contributed by atoms with Gasteiger partial charge in [-0.2, -0.15) is 0 Å². The van der Waals surface area contributed by atoms with Gasteiger partial charge in [0.15, 0.2) is 0 Å². The minimum atomic E-state index is 0.123. The second kappa shape index (κ2) is 6.18. The lowest BCUT2D eigenvalue weighted by Crippen LogP contribution is -2.17. The van der Waals surface area contributed by atoms with Crippen molar-refractivity contribution in [3.05, 3.63) is 62.8 Å². The number of halogens is 1. The number of hydrogen-bond donors (Lipinski definition) is 1. The van der Waals surface area contributed by atoms with Crippen molar-refractivity contribution >= 4 is 38.0 Å². The Morgan fingerprint density at radius 3 is 2.57 bits per heavy atom. The first-order chi connectivity index (χ1) is 10.3. The van der Waals surface area contributed by atoms with E-state index in [0.29, 0.717) is 0 Å². The molecule has 4 heteroatoms. The Balaban J connectivity index is 2.20. The number of hydrogen-bond acceptors (Lipinski definition) is 3. The SMILES string of the molecule is CNC(c1sccc1OC)c1ccc(Br)c2ccccc12. The smallest absolute Gasteiger partial charge is 0.134 e. The third kappa shape index (κ3) is 2.59. The van der Waals surface area contributed by atoms with Gasteiger partial charge in [-0.15, -0.1) is 11.3 Å². The molecule has 1 heterocycles. The first kappa shape index (κ1) is 14.6. The second-order valence-electron chi connectivity index (χ2n) is 4.76. The molecule has 0 spiro atoms. The molecule has 3 aromatic rings. The van der Waals surface area contributed by atoms with Crippen molar-refractivity contribution in [1.29, 1.82) is 0 Å². The van der Waals surface area contributed by atoms with Crippen LogP contribution >= 0.6 is 27.3 Å². The average molecular weight is 362 g/mol. The van der Waals surface area contributed by atoms with Gasteiger partial charge in [0.05, 0.1) is 18.0 Å². The molecule has 0 aliphatic carbocycles. The monoisotopic (exact) mass is 361 g/mol. The van der Waals surface area contributed by atoms with E-state index >= 15 is 0 Å². The maximum absolute atomic E-state index is 5.49. The Kier molecular flexibility index (Phi) is 4.29. The number of fused-ring (bicyclic) bond motifs is 1. The van der Waals surface area contributed by atoms with E-state index in [4.69, 9.17) is 4.74 Å². The zero-order chi connectivity index (χ0) is 14.8. The van der Waals surface area contributed by atoms with Crippen LogP contribution in [-0.4, -0.2) is 14.2 Å². The van der Waals surface area contributed by atoms with Crippen molar-refractivity contribution in [3.63, 3.8) is 0 Å². The van der Waals surface area contributed by atoms with Crippen LogP contribution in [0.5, 0.6) is 5.75 Å². The van der Waals surface area contributed by atoms with Crippen molar-refractivity contribution in [2.24, 2.45) is 0 Å². The van der Waals surface area contributed by atoms with Crippen molar-refractivity contribution in [3.8, 4) is 5.75 Å². The molecule has 0 aliphatic heterocycles.